The van der Waals surface area contributed by atoms with E-state index in [1.54, 1.807) is 19.2 Å². The van der Waals surface area contributed by atoms with Crippen LogP contribution in [-0.2, 0) is 16.8 Å². The zero-order valence-corrected chi connectivity index (χ0v) is 20.2. The minimum Gasteiger partial charge on any atom is -0.497 e. The Bertz CT molecular complexity index is 1030. The van der Waals surface area contributed by atoms with Crippen LogP contribution in [0.25, 0.3) is 0 Å². The summed E-state index contributed by atoms with van der Waals surface area (Å²) in [5.74, 6) is 0.310. The van der Waals surface area contributed by atoms with Crippen LogP contribution in [0.15, 0.2) is 78.9 Å². The summed E-state index contributed by atoms with van der Waals surface area (Å²) in [5.41, 5.74) is 8.05. The lowest BCUT2D eigenvalue weighted by atomic mass is 9.70. The third-order valence-electron chi connectivity index (χ3n) is 6.79. The highest BCUT2D eigenvalue weighted by molar-refractivity contribution is 5.85. The van der Waals surface area contributed by atoms with Crippen LogP contribution in [0.1, 0.15) is 42.1 Å². The standard InChI is InChI=1S/C28H32FNO3.ClH/c1-32-25-9-5-8-22(17-25)28(31)15-14-26(18-23(28)19-30)33-27(16-20-6-3-2-4-7-20)21-10-12-24(29)13-11-21;/h2-13,17,23,26-27,31H,14-16,18-19,30H2,1H3;1H. The molecule has 0 aliphatic heterocycles. The minimum atomic E-state index is -1.02. The zero-order valence-electron chi connectivity index (χ0n) is 19.4. The quantitative estimate of drug-likeness (QED) is 0.437. The van der Waals surface area contributed by atoms with E-state index < -0.39 is 5.60 Å². The van der Waals surface area contributed by atoms with Crippen LogP contribution >= 0.6 is 12.4 Å². The molecule has 182 valence electrons. The summed E-state index contributed by atoms with van der Waals surface area (Å²) in [6.07, 6.45) is 2.33. The van der Waals surface area contributed by atoms with Gasteiger partial charge >= 0.3 is 0 Å². The molecule has 4 rings (SSSR count). The highest BCUT2D eigenvalue weighted by atomic mass is 35.5. The van der Waals surface area contributed by atoms with Crippen LogP contribution in [0.4, 0.5) is 4.39 Å². The van der Waals surface area contributed by atoms with Crippen molar-refractivity contribution < 1.29 is 19.0 Å². The monoisotopic (exact) mass is 485 g/mol. The molecule has 0 radical (unpaired) electrons. The maximum absolute atomic E-state index is 13.5. The lowest BCUT2D eigenvalue weighted by Gasteiger charge is -2.43. The summed E-state index contributed by atoms with van der Waals surface area (Å²) in [4.78, 5) is 0. The molecular formula is C28H33ClFNO3. The van der Waals surface area contributed by atoms with Gasteiger partial charge in [0.15, 0.2) is 0 Å². The number of ether oxygens (including phenoxy) is 2. The van der Waals surface area contributed by atoms with Crippen molar-refractivity contribution in [1.82, 2.24) is 0 Å². The van der Waals surface area contributed by atoms with Crippen LogP contribution in [0.5, 0.6) is 5.75 Å². The zero-order chi connectivity index (χ0) is 23.3. The SMILES string of the molecule is COc1cccc(C2(O)CCC(OC(Cc3ccccc3)c3ccc(F)cc3)CC2CN)c1.Cl. The van der Waals surface area contributed by atoms with Gasteiger partial charge in [0, 0.05) is 12.3 Å². The summed E-state index contributed by atoms with van der Waals surface area (Å²) < 4.78 is 25.5. The fourth-order valence-electron chi connectivity index (χ4n) is 4.88. The number of benzene rings is 3. The lowest BCUT2D eigenvalue weighted by Crippen LogP contribution is -2.46. The molecule has 0 bridgehead atoms. The average molecular weight is 486 g/mol. The number of hydrogen-bond donors (Lipinski definition) is 2. The van der Waals surface area contributed by atoms with Crippen LogP contribution in [0.2, 0.25) is 0 Å². The number of rotatable bonds is 8. The molecule has 3 N–H and O–H groups in total. The molecule has 3 aromatic carbocycles. The van der Waals surface area contributed by atoms with E-state index >= 15 is 0 Å². The van der Waals surface area contributed by atoms with Crippen molar-refractivity contribution in [3.8, 4) is 5.75 Å². The highest BCUT2D eigenvalue weighted by Crippen LogP contribution is 2.44. The summed E-state index contributed by atoms with van der Waals surface area (Å²) >= 11 is 0. The molecule has 1 aliphatic rings. The number of hydrogen-bond acceptors (Lipinski definition) is 4. The van der Waals surface area contributed by atoms with Crippen LogP contribution in [0.3, 0.4) is 0 Å². The second-order valence-corrected chi connectivity index (χ2v) is 8.85. The van der Waals surface area contributed by atoms with Gasteiger partial charge in [-0.05, 0) is 66.8 Å². The van der Waals surface area contributed by atoms with Gasteiger partial charge in [0.2, 0.25) is 0 Å². The predicted octanol–water partition coefficient (Wildman–Crippen LogP) is 5.57. The van der Waals surface area contributed by atoms with Crippen molar-refractivity contribution >= 4 is 12.4 Å². The van der Waals surface area contributed by atoms with E-state index in [1.807, 2.05) is 42.5 Å². The number of nitrogens with two attached hydrogens (primary N) is 1. The van der Waals surface area contributed by atoms with Crippen LogP contribution < -0.4 is 10.5 Å². The van der Waals surface area contributed by atoms with Gasteiger partial charge in [-0.2, -0.15) is 0 Å². The van der Waals surface area contributed by atoms with E-state index in [4.69, 9.17) is 15.2 Å². The smallest absolute Gasteiger partial charge is 0.123 e. The molecule has 3 aromatic rings. The number of methoxy groups -OCH3 is 1. The van der Waals surface area contributed by atoms with Gasteiger partial charge in [0.1, 0.15) is 11.6 Å². The van der Waals surface area contributed by atoms with Crippen molar-refractivity contribution in [2.45, 2.75) is 43.5 Å². The van der Waals surface area contributed by atoms with Crippen LogP contribution in [-0.4, -0.2) is 24.9 Å². The fourth-order valence-corrected chi connectivity index (χ4v) is 4.88. The molecule has 1 saturated carbocycles. The van der Waals surface area contributed by atoms with E-state index in [1.165, 1.54) is 12.1 Å². The maximum atomic E-state index is 13.5. The Kier molecular flexibility index (Phi) is 9.09. The van der Waals surface area contributed by atoms with E-state index in [9.17, 15) is 9.50 Å². The van der Waals surface area contributed by atoms with Gasteiger partial charge in [0.25, 0.3) is 0 Å². The van der Waals surface area contributed by atoms with Crippen molar-refractivity contribution in [3.05, 3.63) is 101 Å². The molecule has 0 amide bonds. The van der Waals surface area contributed by atoms with Crippen molar-refractivity contribution in [3.63, 3.8) is 0 Å². The molecule has 4 unspecified atom stereocenters. The summed E-state index contributed by atoms with van der Waals surface area (Å²) in [7, 11) is 1.62. The Labute approximate surface area is 207 Å². The summed E-state index contributed by atoms with van der Waals surface area (Å²) in [6.45, 7) is 0.355. The first-order valence-electron chi connectivity index (χ1n) is 11.5. The van der Waals surface area contributed by atoms with E-state index in [2.05, 4.69) is 12.1 Å². The molecule has 0 heterocycles. The maximum Gasteiger partial charge on any atom is 0.123 e. The van der Waals surface area contributed by atoms with Gasteiger partial charge in [-0.1, -0.05) is 54.6 Å². The fraction of sp³-hybridized carbons (Fsp3) is 0.357. The molecule has 0 saturated heterocycles. The van der Waals surface area contributed by atoms with Gasteiger partial charge in [-0.15, -0.1) is 12.4 Å². The summed E-state index contributed by atoms with van der Waals surface area (Å²) in [5, 5.41) is 11.6. The second kappa shape index (κ2) is 11.8. The first-order chi connectivity index (χ1) is 16.0. The molecule has 1 aliphatic carbocycles. The number of aliphatic hydroxyl groups is 1. The van der Waals surface area contributed by atoms with Crippen molar-refractivity contribution in [2.24, 2.45) is 11.7 Å². The molecular weight excluding hydrogens is 453 g/mol. The molecule has 0 aromatic heterocycles. The summed E-state index contributed by atoms with van der Waals surface area (Å²) in [6, 6.07) is 24.3. The predicted molar refractivity (Wildman–Crippen MR) is 135 cm³/mol. The lowest BCUT2D eigenvalue weighted by molar-refractivity contribution is -0.117. The van der Waals surface area contributed by atoms with E-state index in [0.717, 1.165) is 16.7 Å². The molecule has 4 atom stereocenters. The van der Waals surface area contributed by atoms with Crippen LogP contribution in [0, 0.1) is 11.7 Å². The van der Waals surface area contributed by atoms with Gasteiger partial charge in [-0.25, -0.2) is 4.39 Å². The van der Waals surface area contributed by atoms with Gasteiger partial charge in [0.05, 0.1) is 24.9 Å². The molecule has 0 spiro atoms. The Hall–Kier alpha value is -2.44. The van der Waals surface area contributed by atoms with Crippen molar-refractivity contribution in [1.29, 1.82) is 0 Å². The molecule has 4 nitrogen and oxygen atoms in total. The molecule has 34 heavy (non-hydrogen) atoms. The third kappa shape index (κ3) is 5.97. The Morgan fingerprint density at radius 3 is 2.47 bits per heavy atom. The van der Waals surface area contributed by atoms with Crippen molar-refractivity contribution in [2.75, 3.05) is 13.7 Å². The largest absolute Gasteiger partial charge is 0.497 e. The molecule has 6 heteroatoms. The topological polar surface area (TPSA) is 64.7 Å². The van der Waals surface area contributed by atoms with Gasteiger partial charge < -0.3 is 20.3 Å². The Balaban J connectivity index is 0.00000324. The first-order valence-corrected chi connectivity index (χ1v) is 11.5. The minimum absolute atomic E-state index is 0. The Morgan fingerprint density at radius 2 is 1.79 bits per heavy atom. The molecule has 1 fully saturated rings. The normalized spacial score (nSPS) is 23.1. The first kappa shape index (κ1) is 26.2. The Morgan fingerprint density at radius 1 is 1.06 bits per heavy atom. The number of halogens is 2. The highest BCUT2D eigenvalue weighted by Gasteiger charge is 2.43. The van der Waals surface area contributed by atoms with Gasteiger partial charge in [-0.3, -0.25) is 0 Å². The van der Waals surface area contributed by atoms with E-state index in [-0.39, 0.29) is 36.4 Å². The second-order valence-electron chi connectivity index (χ2n) is 8.85. The van der Waals surface area contributed by atoms with E-state index in [0.29, 0.717) is 38.0 Å². The average Bonchev–Trinajstić information content (AvgIpc) is 2.86. The third-order valence-corrected chi connectivity index (χ3v) is 6.79.